The Labute approximate surface area is 55.9 Å². The second-order valence-corrected chi connectivity index (χ2v) is 1.94. The van der Waals surface area contributed by atoms with Gasteiger partial charge in [-0.1, -0.05) is 18.6 Å². The van der Waals surface area contributed by atoms with Crippen LogP contribution in [0, 0.1) is 0 Å². The first-order valence-electron chi connectivity index (χ1n) is 3.12. The highest BCUT2D eigenvalue weighted by molar-refractivity contribution is 5.58. The highest BCUT2D eigenvalue weighted by atomic mass is 16.4. The van der Waals surface area contributed by atoms with Crippen LogP contribution in [0.5, 0.6) is 0 Å². The van der Waals surface area contributed by atoms with Crippen LogP contribution < -0.4 is 0 Å². The third-order valence-electron chi connectivity index (χ3n) is 1.21. The predicted molar refractivity (Wildman–Crippen MR) is 38.9 cm³/mol. The van der Waals surface area contributed by atoms with Crippen molar-refractivity contribution in [2.24, 2.45) is 5.16 Å². The molecule has 0 atom stereocenters. The van der Waals surface area contributed by atoms with Crippen LogP contribution in [0.1, 0.15) is 26.7 Å². The molecule has 0 aliphatic carbocycles. The maximum atomic E-state index is 7.99. The van der Waals surface area contributed by atoms with Gasteiger partial charge in [-0.2, -0.15) is 0 Å². The summed E-state index contributed by atoms with van der Waals surface area (Å²) >= 11 is 0. The normalized spacial score (nSPS) is 12.9. The van der Waals surface area contributed by atoms with Crippen molar-refractivity contribution in [1.29, 1.82) is 0 Å². The number of nitrogens with zero attached hydrogens (tertiary/aromatic N) is 1. The molecule has 0 radical (unpaired) electrons. The van der Waals surface area contributed by atoms with Gasteiger partial charge < -0.3 is 5.21 Å². The van der Waals surface area contributed by atoms with E-state index in [2.05, 4.69) is 19.0 Å². The lowest BCUT2D eigenvalue weighted by molar-refractivity contribution is 0.321. The summed E-state index contributed by atoms with van der Waals surface area (Å²) in [6.07, 6.45) is 5.31. The largest absolute Gasteiger partial charge is 0.411 e. The van der Waals surface area contributed by atoms with E-state index in [0.717, 1.165) is 12.8 Å². The van der Waals surface area contributed by atoms with Gasteiger partial charge in [0.1, 0.15) is 0 Å². The minimum Gasteiger partial charge on any atom is -0.411 e. The minimum atomic E-state index is 0.732. The van der Waals surface area contributed by atoms with E-state index in [4.69, 9.17) is 5.21 Å². The van der Waals surface area contributed by atoms with Gasteiger partial charge in [-0.15, -0.1) is 5.16 Å². The van der Waals surface area contributed by atoms with Gasteiger partial charge in [0.25, 0.3) is 0 Å². The molecule has 0 unspecified atom stereocenters. The van der Waals surface area contributed by atoms with Crippen molar-refractivity contribution < 1.29 is 5.21 Å². The molecule has 0 spiro atoms. The monoisotopic (exact) mass is 127 g/mol. The first kappa shape index (κ1) is 8.21. The fourth-order valence-corrected chi connectivity index (χ4v) is 0.445. The van der Waals surface area contributed by atoms with E-state index in [-0.39, 0.29) is 0 Å². The van der Waals surface area contributed by atoms with Crippen LogP contribution in [0.25, 0.3) is 0 Å². The molecule has 0 aromatic rings. The molecule has 2 nitrogen and oxygen atoms in total. The number of hydrogen-bond donors (Lipinski definition) is 1. The van der Waals surface area contributed by atoms with Crippen LogP contribution in [0.3, 0.4) is 0 Å². The van der Waals surface area contributed by atoms with Gasteiger partial charge in [-0.25, -0.2) is 0 Å². The van der Waals surface area contributed by atoms with Crippen LogP contribution in [-0.4, -0.2) is 11.4 Å². The Kier molecular flexibility index (Phi) is 4.88. The highest BCUT2D eigenvalue weighted by Crippen LogP contribution is 1.97. The fraction of sp³-hybridized carbons (Fsp3) is 0.571. The summed E-state index contributed by atoms with van der Waals surface area (Å²) in [7, 11) is 0. The zero-order chi connectivity index (χ0) is 7.11. The van der Waals surface area contributed by atoms with E-state index < -0.39 is 0 Å². The van der Waals surface area contributed by atoms with E-state index in [1.54, 1.807) is 0 Å². The summed E-state index contributed by atoms with van der Waals surface area (Å²) in [5.41, 5.74) is 1.33. The molecule has 0 amide bonds. The Bertz CT molecular complexity index is 116. The fourth-order valence-electron chi connectivity index (χ4n) is 0.445. The van der Waals surface area contributed by atoms with Crippen LogP contribution in [0.15, 0.2) is 16.8 Å². The van der Waals surface area contributed by atoms with Gasteiger partial charge >= 0.3 is 0 Å². The molecule has 0 aromatic heterocycles. The Balaban J connectivity index is 3.43. The molecule has 9 heavy (non-hydrogen) atoms. The van der Waals surface area contributed by atoms with Crippen LogP contribution in [0.4, 0.5) is 0 Å². The molecule has 52 valence electrons. The first-order valence-corrected chi connectivity index (χ1v) is 3.12. The quantitative estimate of drug-likeness (QED) is 0.268. The lowest BCUT2D eigenvalue weighted by Crippen LogP contribution is -1.73. The van der Waals surface area contributed by atoms with Crippen molar-refractivity contribution in [3.05, 3.63) is 11.6 Å². The summed E-state index contributed by atoms with van der Waals surface area (Å²) in [5.74, 6) is 0. The molecular formula is C7H13NO. The van der Waals surface area contributed by atoms with E-state index in [1.165, 1.54) is 11.8 Å². The molecule has 0 aliphatic heterocycles. The number of oxime groups is 1. The second-order valence-electron chi connectivity index (χ2n) is 1.94. The topological polar surface area (TPSA) is 32.6 Å². The maximum Gasteiger partial charge on any atom is 0.0473 e. The van der Waals surface area contributed by atoms with Crippen molar-refractivity contribution in [3.8, 4) is 0 Å². The summed E-state index contributed by atoms with van der Waals surface area (Å²) in [4.78, 5) is 0. The van der Waals surface area contributed by atoms with Crippen LogP contribution in [0.2, 0.25) is 0 Å². The molecule has 0 fully saturated rings. The molecule has 1 N–H and O–H groups in total. The molecule has 0 heterocycles. The Morgan fingerprint density at radius 1 is 1.67 bits per heavy atom. The molecule has 0 aliphatic rings. The summed E-state index contributed by atoms with van der Waals surface area (Å²) in [6.45, 7) is 4.16. The minimum absolute atomic E-state index is 0.732. The van der Waals surface area contributed by atoms with Crippen molar-refractivity contribution in [2.75, 3.05) is 0 Å². The molecule has 0 saturated heterocycles. The van der Waals surface area contributed by atoms with E-state index in [1.807, 2.05) is 6.08 Å². The maximum absolute atomic E-state index is 7.99. The SMILES string of the molecule is CCC(C)=CCC=NO. The highest BCUT2D eigenvalue weighted by Gasteiger charge is 1.79. The zero-order valence-electron chi connectivity index (χ0n) is 5.96. The standard InChI is InChI=1S/C7H13NO/c1-3-7(2)5-4-6-8-9/h5-6,9H,3-4H2,1-2H3. The van der Waals surface area contributed by atoms with E-state index >= 15 is 0 Å². The Hall–Kier alpha value is -0.790. The molecule has 0 aromatic carbocycles. The average Bonchev–Trinajstić information content (AvgIpc) is 1.89. The van der Waals surface area contributed by atoms with Crippen molar-refractivity contribution in [1.82, 2.24) is 0 Å². The van der Waals surface area contributed by atoms with E-state index in [0.29, 0.717) is 0 Å². The lowest BCUT2D eigenvalue weighted by Gasteiger charge is -1.89. The average molecular weight is 127 g/mol. The van der Waals surface area contributed by atoms with Gasteiger partial charge in [0.2, 0.25) is 0 Å². The summed E-state index contributed by atoms with van der Waals surface area (Å²) < 4.78 is 0. The molecule has 0 rings (SSSR count). The van der Waals surface area contributed by atoms with E-state index in [9.17, 15) is 0 Å². The number of rotatable bonds is 3. The van der Waals surface area contributed by atoms with Crippen molar-refractivity contribution in [2.45, 2.75) is 26.7 Å². The number of allylic oxidation sites excluding steroid dienone is 2. The predicted octanol–water partition coefficient (Wildman–Crippen LogP) is 2.19. The molecular weight excluding hydrogens is 114 g/mol. The molecule has 0 saturated carbocycles. The van der Waals surface area contributed by atoms with Gasteiger partial charge in [0.05, 0.1) is 0 Å². The lowest BCUT2D eigenvalue weighted by atomic mass is 10.2. The van der Waals surface area contributed by atoms with Crippen LogP contribution >= 0.6 is 0 Å². The Morgan fingerprint density at radius 2 is 2.33 bits per heavy atom. The zero-order valence-corrected chi connectivity index (χ0v) is 5.96. The Morgan fingerprint density at radius 3 is 2.78 bits per heavy atom. The van der Waals surface area contributed by atoms with Crippen LogP contribution in [-0.2, 0) is 0 Å². The van der Waals surface area contributed by atoms with Crippen molar-refractivity contribution in [3.63, 3.8) is 0 Å². The van der Waals surface area contributed by atoms with Gasteiger partial charge in [0.15, 0.2) is 0 Å². The number of hydrogen-bond acceptors (Lipinski definition) is 2. The smallest absolute Gasteiger partial charge is 0.0473 e. The molecule has 2 heteroatoms. The van der Waals surface area contributed by atoms with Crippen molar-refractivity contribution >= 4 is 6.21 Å². The molecule has 0 bridgehead atoms. The summed E-state index contributed by atoms with van der Waals surface area (Å²) in [6, 6.07) is 0. The first-order chi connectivity index (χ1) is 4.31. The third kappa shape index (κ3) is 5.07. The third-order valence-corrected chi connectivity index (χ3v) is 1.21. The summed E-state index contributed by atoms with van der Waals surface area (Å²) in [5, 5.41) is 10.9. The second kappa shape index (κ2) is 5.35. The van der Waals surface area contributed by atoms with Gasteiger partial charge in [-0.05, 0) is 13.3 Å². The van der Waals surface area contributed by atoms with Gasteiger partial charge in [0, 0.05) is 12.6 Å². The van der Waals surface area contributed by atoms with Gasteiger partial charge in [-0.3, -0.25) is 0 Å².